The lowest BCUT2D eigenvalue weighted by Gasteiger charge is -2.18. The standard InChI is InChI=1S/C18H18F2N2O3.C2H4O2/c1-12(23)8-13-4-2-7-16(9-13)25-11-18(19,20)14-5-3-6-15(10-14)22-17(21)24;1-2(3)4/h2-7,9-10H,8,11H2,1H3,(H3,21,22,24);1H3,(H,3,4). The summed E-state index contributed by atoms with van der Waals surface area (Å²) in [6.07, 6.45) is 0.217. The van der Waals surface area contributed by atoms with Gasteiger partial charge in [-0.15, -0.1) is 0 Å². The molecule has 0 radical (unpaired) electrons. The number of amides is 2. The van der Waals surface area contributed by atoms with Gasteiger partial charge in [0.2, 0.25) is 0 Å². The molecule has 0 unspecified atom stereocenters. The number of rotatable bonds is 7. The number of carbonyl (C=O) groups excluding carboxylic acids is 2. The fourth-order valence-corrected chi connectivity index (χ4v) is 2.26. The first-order valence-electron chi connectivity index (χ1n) is 8.45. The molecular weight excluding hydrogens is 386 g/mol. The summed E-state index contributed by atoms with van der Waals surface area (Å²) in [6, 6.07) is 10.9. The molecule has 0 spiro atoms. The van der Waals surface area contributed by atoms with Crippen molar-refractivity contribution in [2.24, 2.45) is 5.73 Å². The van der Waals surface area contributed by atoms with Crippen molar-refractivity contribution in [2.45, 2.75) is 26.2 Å². The van der Waals surface area contributed by atoms with Crippen molar-refractivity contribution in [1.82, 2.24) is 0 Å². The second-order valence-electron chi connectivity index (χ2n) is 6.11. The van der Waals surface area contributed by atoms with Crippen molar-refractivity contribution in [3.05, 3.63) is 59.7 Å². The van der Waals surface area contributed by atoms with Gasteiger partial charge in [0.1, 0.15) is 11.5 Å². The van der Waals surface area contributed by atoms with Gasteiger partial charge < -0.3 is 20.9 Å². The second-order valence-corrected chi connectivity index (χ2v) is 6.11. The number of primary amides is 1. The molecule has 156 valence electrons. The number of aliphatic carboxylic acids is 1. The highest BCUT2D eigenvalue weighted by atomic mass is 19.3. The largest absolute Gasteiger partial charge is 0.487 e. The maximum Gasteiger partial charge on any atom is 0.316 e. The average molecular weight is 408 g/mol. The summed E-state index contributed by atoms with van der Waals surface area (Å²) in [7, 11) is 0. The summed E-state index contributed by atoms with van der Waals surface area (Å²) in [5.74, 6) is -3.88. The highest BCUT2D eigenvalue weighted by Crippen LogP contribution is 2.30. The molecule has 4 N–H and O–H groups in total. The van der Waals surface area contributed by atoms with Crippen molar-refractivity contribution in [1.29, 1.82) is 0 Å². The van der Waals surface area contributed by atoms with E-state index in [1.807, 2.05) is 0 Å². The van der Waals surface area contributed by atoms with Gasteiger partial charge in [-0.2, -0.15) is 8.78 Å². The molecule has 0 atom stereocenters. The Morgan fingerprint density at radius 3 is 2.31 bits per heavy atom. The molecule has 0 bridgehead atoms. The van der Waals surface area contributed by atoms with E-state index in [0.29, 0.717) is 5.56 Å². The molecule has 2 aromatic rings. The predicted octanol–water partition coefficient (Wildman–Crippen LogP) is 3.57. The van der Waals surface area contributed by atoms with Crippen LogP contribution in [-0.2, 0) is 21.9 Å². The number of ketones is 1. The molecule has 2 amide bonds. The maximum absolute atomic E-state index is 14.3. The molecule has 2 aromatic carbocycles. The van der Waals surface area contributed by atoms with E-state index < -0.39 is 24.5 Å². The van der Waals surface area contributed by atoms with Crippen LogP contribution in [0.25, 0.3) is 0 Å². The lowest BCUT2D eigenvalue weighted by Crippen LogP contribution is -2.24. The number of nitrogens with one attached hydrogen (secondary N) is 1. The van der Waals surface area contributed by atoms with Gasteiger partial charge in [0.05, 0.1) is 0 Å². The fraction of sp³-hybridized carbons (Fsp3) is 0.250. The molecule has 7 nitrogen and oxygen atoms in total. The van der Waals surface area contributed by atoms with Gasteiger partial charge in [-0.25, -0.2) is 4.79 Å². The molecular formula is C20H22F2N2O5. The molecule has 9 heteroatoms. The lowest BCUT2D eigenvalue weighted by molar-refractivity contribution is -0.134. The van der Waals surface area contributed by atoms with Crippen molar-refractivity contribution < 1.29 is 33.0 Å². The van der Waals surface area contributed by atoms with E-state index in [2.05, 4.69) is 5.32 Å². The number of carboxylic acid groups (broad SMARTS) is 1. The van der Waals surface area contributed by atoms with Gasteiger partial charge in [0, 0.05) is 24.6 Å². The minimum absolute atomic E-state index is 0.0266. The Kier molecular flexibility index (Phi) is 8.72. The number of carbonyl (C=O) groups is 3. The van der Waals surface area contributed by atoms with Gasteiger partial charge in [-0.1, -0.05) is 24.3 Å². The van der Waals surface area contributed by atoms with E-state index in [1.54, 1.807) is 24.3 Å². The summed E-state index contributed by atoms with van der Waals surface area (Å²) in [5, 5.41) is 9.67. The van der Waals surface area contributed by atoms with E-state index in [4.69, 9.17) is 20.4 Å². The quantitative estimate of drug-likeness (QED) is 0.647. The van der Waals surface area contributed by atoms with Crippen LogP contribution in [0.15, 0.2) is 48.5 Å². The van der Waals surface area contributed by atoms with Gasteiger partial charge in [-0.3, -0.25) is 9.59 Å². The Morgan fingerprint density at radius 2 is 1.72 bits per heavy atom. The summed E-state index contributed by atoms with van der Waals surface area (Å²) in [6.45, 7) is 1.66. The highest BCUT2D eigenvalue weighted by Gasteiger charge is 2.33. The van der Waals surface area contributed by atoms with Crippen molar-refractivity contribution in [2.75, 3.05) is 11.9 Å². The zero-order valence-corrected chi connectivity index (χ0v) is 15.9. The van der Waals surface area contributed by atoms with Crippen LogP contribution in [0.4, 0.5) is 19.3 Å². The third-order valence-corrected chi connectivity index (χ3v) is 3.32. The zero-order chi connectivity index (χ0) is 22.0. The Morgan fingerprint density at radius 1 is 1.10 bits per heavy atom. The van der Waals surface area contributed by atoms with E-state index in [0.717, 1.165) is 13.0 Å². The Balaban J connectivity index is 0.000000960. The topological polar surface area (TPSA) is 119 Å². The van der Waals surface area contributed by atoms with E-state index >= 15 is 0 Å². The minimum Gasteiger partial charge on any atom is -0.487 e. The van der Waals surface area contributed by atoms with E-state index in [1.165, 1.54) is 25.1 Å². The maximum atomic E-state index is 14.3. The van der Waals surface area contributed by atoms with Crippen LogP contribution in [0.1, 0.15) is 25.0 Å². The number of ether oxygens (including phenoxy) is 1. The molecule has 0 heterocycles. The first kappa shape index (κ1) is 23.5. The molecule has 0 fully saturated rings. The molecule has 0 aliphatic rings. The normalized spacial score (nSPS) is 10.3. The number of halogens is 2. The predicted molar refractivity (Wildman–Crippen MR) is 103 cm³/mol. The van der Waals surface area contributed by atoms with Crippen LogP contribution < -0.4 is 15.8 Å². The van der Waals surface area contributed by atoms with Crippen LogP contribution >= 0.6 is 0 Å². The van der Waals surface area contributed by atoms with Crippen molar-refractivity contribution >= 4 is 23.5 Å². The van der Waals surface area contributed by atoms with Crippen LogP contribution in [0.3, 0.4) is 0 Å². The number of benzene rings is 2. The number of Topliss-reactive ketones (excluding diaryl/α,β-unsaturated/α-hetero) is 1. The highest BCUT2D eigenvalue weighted by molar-refractivity contribution is 5.87. The molecule has 0 saturated heterocycles. The molecule has 0 saturated carbocycles. The van der Waals surface area contributed by atoms with Crippen molar-refractivity contribution in [3.63, 3.8) is 0 Å². The first-order valence-corrected chi connectivity index (χ1v) is 8.45. The minimum atomic E-state index is -3.27. The number of nitrogens with two attached hydrogens (primary N) is 1. The lowest BCUT2D eigenvalue weighted by atomic mass is 10.1. The van der Waals surface area contributed by atoms with E-state index in [9.17, 15) is 18.4 Å². The summed E-state index contributed by atoms with van der Waals surface area (Å²) < 4.78 is 33.9. The monoisotopic (exact) mass is 408 g/mol. The number of alkyl halides is 2. The van der Waals surface area contributed by atoms with Crippen molar-refractivity contribution in [3.8, 4) is 5.75 Å². The first-order chi connectivity index (χ1) is 13.5. The van der Waals surface area contributed by atoms with Crippen LogP contribution in [-0.4, -0.2) is 29.5 Å². The van der Waals surface area contributed by atoms with Crippen LogP contribution in [0.5, 0.6) is 5.75 Å². The van der Waals surface area contributed by atoms with Gasteiger partial charge >= 0.3 is 12.0 Å². The smallest absolute Gasteiger partial charge is 0.316 e. The van der Waals surface area contributed by atoms with Crippen LogP contribution in [0, 0.1) is 0 Å². The molecule has 29 heavy (non-hydrogen) atoms. The average Bonchev–Trinajstić information content (AvgIpc) is 2.59. The number of hydrogen-bond acceptors (Lipinski definition) is 4. The SMILES string of the molecule is CC(=O)Cc1cccc(OCC(F)(F)c2cccc(NC(N)=O)c2)c1.CC(=O)O. The molecule has 0 aliphatic carbocycles. The van der Waals surface area contributed by atoms with Crippen LogP contribution in [0.2, 0.25) is 0 Å². The molecule has 2 rings (SSSR count). The Hall–Kier alpha value is -3.49. The van der Waals surface area contributed by atoms with Gasteiger partial charge in [-0.05, 0) is 36.8 Å². The summed E-state index contributed by atoms with van der Waals surface area (Å²) in [4.78, 5) is 31.0. The van der Waals surface area contributed by atoms with E-state index in [-0.39, 0.29) is 29.2 Å². The number of carboxylic acids is 1. The van der Waals surface area contributed by atoms with Gasteiger partial charge in [0.15, 0.2) is 6.61 Å². The zero-order valence-electron chi connectivity index (χ0n) is 15.9. The Bertz CT molecular complexity index is 867. The summed E-state index contributed by atoms with van der Waals surface area (Å²) in [5.41, 5.74) is 5.54. The number of urea groups is 1. The third-order valence-electron chi connectivity index (χ3n) is 3.32. The second kappa shape index (κ2) is 10.7. The molecule has 0 aromatic heterocycles. The number of hydrogen-bond donors (Lipinski definition) is 3. The summed E-state index contributed by atoms with van der Waals surface area (Å²) >= 11 is 0. The van der Waals surface area contributed by atoms with Gasteiger partial charge in [0.25, 0.3) is 5.97 Å². The fourth-order valence-electron chi connectivity index (χ4n) is 2.26. The molecule has 0 aliphatic heterocycles. The third kappa shape index (κ3) is 9.32. The Labute approximate surface area is 166 Å². The number of anilines is 1.